The molecule has 0 amide bonds. The van der Waals surface area contributed by atoms with Crippen molar-refractivity contribution in [3.05, 3.63) is 76.5 Å². The van der Waals surface area contributed by atoms with Crippen LogP contribution in [0.2, 0.25) is 0 Å². The normalized spacial score (nSPS) is 11.0. The van der Waals surface area contributed by atoms with Gasteiger partial charge in [0.25, 0.3) is 5.56 Å². The highest BCUT2D eigenvalue weighted by Gasteiger charge is 2.09. The van der Waals surface area contributed by atoms with Gasteiger partial charge in [-0.15, -0.1) is 0 Å². The Morgan fingerprint density at radius 3 is 2.81 bits per heavy atom. The summed E-state index contributed by atoms with van der Waals surface area (Å²) in [5.41, 5.74) is 5.08. The fraction of sp³-hybridized carbons (Fsp3) is 0.190. The average molecular weight is 359 g/mol. The molecule has 6 nitrogen and oxygen atoms in total. The highest BCUT2D eigenvalue weighted by molar-refractivity contribution is 5.85. The van der Waals surface area contributed by atoms with E-state index >= 15 is 0 Å². The number of aromatic nitrogens is 4. The highest BCUT2D eigenvalue weighted by Crippen LogP contribution is 2.21. The molecule has 6 heteroatoms. The lowest BCUT2D eigenvalue weighted by Gasteiger charge is -2.11. The molecule has 0 fully saturated rings. The number of nitrogens with zero attached hydrogens (tertiary/aromatic N) is 3. The summed E-state index contributed by atoms with van der Waals surface area (Å²) < 4.78 is 1.53. The molecule has 0 unspecified atom stereocenters. The molecular formula is C21H21N5O. The quantitative estimate of drug-likeness (QED) is 0.573. The van der Waals surface area contributed by atoms with E-state index in [1.165, 1.54) is 26.6 Å². The monoisotopic (exact) mass is 359 g/mol. The molecule has 4 aromatic rings. The van der Waals surface area contributed by atoms with E-state index in [1.54, 1.807) is 25.5 Å². The summed E-state index contributed by atoms with van der Waals surface area (Å²) in [4.78, 5) is 24.3. The van der Waals surface area contributed by atoms with Crippen molar-refractivity contribution in [3.63, 3.8) is 0 Å². The number of hydrogen-bond donors (Lipinski definition) is 2. The minimum Gasteiger partial charge on any atom is -0.361 e. The summed E-state index contributed by atoms with van der Waals surface area (Å²) in [7, 11) is 1.73. The summed E-state index contributed by atoms with van der Waals surface area (Å²) in [5, 5.41) is 4.54. The topological polar surface area (TPSA) is 75.6 Å². The number of H-pyrrole nitrogens is 1. The second kappa shape index (κ2) is 7.07. The Hall–Kier alpha value is -3.41. The van der Waals surface area contributed by atoms with E-state index in [-0.39, 0.29) is 5.56 Å². The van der Waals surface area contributed by atoms with Gasteiger partial charge in [-0.3, -0.25) is 14.3 Å². The summed E-state index contributed by atoms with van der Waals surface area (Å²) in [5.74, 6) is 0.560. The van der Waals surface area contributed by atoms with Crippen LogP contribution < -0.4 is 10.9 Å². The first-order chi connectivity index (χ1) is 13.1. The molecule has 4 rings (SSSR count). The van der Waals surface area contributed by atoms with Crippen molar-refractivity contribution >= 4 is 16.9 Å². The first-order valence-corrected chi connectivity index (χ1v) is 8.91. The lowest BCUT2D eigenvalue weighted by atomic mass is 10.1. The minimum absolute atomic E-state index is 0.0953. The van der Waals surface area contributed by atoms with Crippen LogP contribution in [0.5, 0.6) is 0 Å². The summed E-state index contributed by atoms with van der Waals surface area (Å²) in [6.45, 7) is 2.78. The smallest absolute Gasteiger partial charge is 0.255 e. The van der Waals surface area contributed by atoms with Crippen LogP contribution >= 0.6 is 0 Å². The molecule has 3 aromatic heterocycles. The van der Waals surface area contributed by atoms with Gasteiger partial charge >= 0.3 is 0 Å². The molecule has 0 saturated carbocycles. The van der Waals surface area contributed by atoms with E-state index in [1.807, 2.05) is 12.1 Å². The van der Waals surface area contributed by atoms with E-state index in [0.29, 0.717) is 18.2 Å². The number of pyridine rings is 1. The Bertz CT molecular complexity index is 1140. The second-order valence-electron chi connectivity index (χ2n) is 6.59. The van der Waals surface area contributed by atoms with Crippen LogP contribution in [-0.2, 0) is 13.5 Å². The minimum atomic E-state index is -0.0953. The third kappa shape index (κ3) is 3.33. The van der Waals surface area contributed by atoms with Gasteiger partial charge in [-0.05, 0) is 36.6 Å². The maximum atomic E-state index is 12.3. The lowest BCUT2D eigenvalue weighted by Crippen LogP contribution is -2.22. The Kier molecular flexibility index (Phi) is 4.46. The van der Waals surface area contributed by atoms with E-state index in [4.69, 9.17) is 0 Å². The second-order valence-corrected chi connectivity index (χ2v) is 6.59. The molecule has 3 heterocycles. The van der Waals surface area contributed by atoms with Crippen molar-refractivity contribution in [1.82, 2.24) is 19.5 Å². The van der Waals surface area contributed by atoms with Crippen LogP contribution in [0.25, 0.3) is 22.2 Å². The van der Waals surface area contributed by atoms with Gasteiger partial charge in [0.2, 0.25) is 5.95 Å². The zero-order valence-electron chi connectivity index (χ0n) is 15.4. The fourth-order valence-electron chi connectivity index (χ4n) is 3.25. The number of benzene rings is 1. The predicted molar refractivity (Wildman–Crippen MR) is 108 cm³/mol. The SMILES string of the molecule is Cc1cccc2c(CCNc3nc(-c4ccncc4)cc(=O)n3C)c[nH]c12. The van der Waals surface area contributed by atoms with E-state index in [0.717, 1.165) is 12.0 Å². The molecule has 0 radical (unpaired) electrons. The lowest BCUT2D eigenvalue weighted by molar-refractivity contribution is 0.820. The van der Waals surface area contributed by atoms with Crippen molar-refractivity contribution in [3.8, 4) is 11.3 Å². The van der Waals surface area contributed by atoms with Gasteiger partial charge in [0.1, 0.15) is 0 Å². The molecule has 0 atom stereocenters. The van der Waals surface area contributed by atoms with E-state index < -0.39 is 0 Å². The number of hydrogen-bond acceptors (Lipinski definition) is 4. The van der Waals surface area contributed by atoms with Crippen molar-refractivity contribution in [2.45, 2.75) is 13.3 Å². The van der Waals surface area contributed by atoms with Crippen molar-refractivity contribution < 1.29 is 0 Å². The molecular weight excluding hydrogens is 338 g/mol. The Balaban J connectivity index is 1.55. The average Bonchev–Trinajstić information content (AvgIpc) is 3.10. The van der Waals surface area contributed by atoms with Crippen molar-refractivity contribution in [2.24, 2.45) is 7.05 Å². The Morgan fingerprint density at radius 1 is 1.19 bits per heavy atom. The largest absolute Gasteiger partial charge is 0.361 e. The maximum Gasteiger partial charge on any atom is 0.255 e. The number of anilines is 1. The fourth-order valence-corrected chi connectivity index (χ4v) is 3.25. The highest BCUT2D eigenvalue weighted by atomic mass is 16.1. The van der Waals surface area contributed by atoms with Crippen molar-refractivity contribution in [1.29, 1.82) is 0 Å². The van der Waals surface area contributed by atoms with E-state index in [2.05, 4.69) is 51.6 Å². The Labute approximate surface area is 156 Å². The van der Waals surface area contributed by atoms with Gasteiger partial charge in [0.15, 0.2) is 0 Å². The molecule has 2 N–H and O–H groups in total. The molecule has 0 aliphatic carbocycles. The van der Waals surface area contributed by atoms with Gasteiger partial charge in [-0.25, -0.2) is 4.98 Å². The molecule has 0 aliphatic heterocycles. The van der Waals surface area contributed by atoms with Crippen LogP contribution in [0.4, 0.5) is 5.95 Å². The predicted octanol–water partition coefficient (Wildman–Crippen LogP) is 3.29. The number of rotatable bonds is 5. The summed E-state index contributed by atoms with van der Waals surface area (Å²) >= 11 is 0. The summed E-state index contributed by atoms with van der Waals surface area (Å²) in [6, 6.07) is 11.5. The number of aryl methyl sites for hydroxylation is 1. The standard InChI is InChI=1S/C21H21N5O/c1-14-4-3-5-17-16(13-24-20(14)17)8-11-23-21-25-18(12-19(27)26(21)2)15-6-9-22-10-7-15/h3-7,9-10,12-13,24H,8,11H2,1-2H3,(H,23,25). The zero-order chi connectivity index (χ0) is 18.8. The number of aromatic amines is 1. The molecule has 27 heavy (non-hydrogen) atoms. The first kappa shape index (κ1) is 17.0. The van der Waals surface area contributed by atoms with E-state index in [9.17, 15) is 4.79 Å². The van der Waals surface area contributed by atoms with Gasteiger partial charge in [-0.2, -0.15) is 0 Å². The third-order valence-corrected chi connectivity index (χ3v) is 4.80. The van der Waals surface area contributed by atoms with Crippen LogP contribution in [0.1, 0.15) is 11.1 Å². The number of para-hydroxylation sites is 1. The third-order valence-electron chi connectivity index (χ3n) is 4.80. The van der Waals surface area contributed by atoms with Gasteiger partial charge in [0.05, 0.1) is 5.69 Å². The summed E-state index contributed by atoms with van der Waals surface area (Å²) in [6.07, 6.45) is 6.28. The van der Waals surface area contributed by atoms with Crippen LogP contribution in [0.15, 0.2) is 59.8 Å². The number of fused-ring (bicyclic) bond motifs is 1. The molecule has 0 bridgehead atoms. The van der Waals surface area contributed by atoms with Crippen LogP contribution in [0, 0.1) is 6.92 Å². The number of nitrogens with one attached hydrogen (secondary N) is 2. The van der Waals surface area contributed by atoms with Crippen LogP contribution in [-0.4, -0.2) is 26.1 Å². The van der Waals surface area contributed by atoms with Gasteiger partial charge < -0.3 is 10.3 Å². The Morgan fingerprint density at radius 2 is 2.00 bits per heavy atom. The van der Waals surface area contributed by atoms with Crippen molar-refractivity contribution in [2.75, 3.05) is 11.9 Å². The zero-order valence-corrected chi connectivity index (χ0v) is 15.4. The first-order valence-electron chi connectivity index (χ1n) is 8.91. The molecule has 0 spiro atoms. The van der Waals surface area contributed by atoms with Gasteiger partial charge in [-0.1, -0.05) is 18.2 Å². The molecule has 136 valence electrons. The van der Waals surface area contributed by atoms with Crippen LogP contribution in [0.3, 0.4) is 0 Å². The molecule has 1 aromatic carbocycles. The molecule has 0 saturated heterocycles. The van der Waals surface area contributed by atoms with Gasteiger partial charge in [0, 0.05) is 54.7 Å². The maximum absolute atomic E-state index is 12.3. The molecule has 0 aliphatic rings.